The number of carbonyl (C=O) groups is 3. The van der Waals surface area contributed by atoms with Crippen LogP contribution in [0.3, 0.4) is 0 Å². The summed E-state index contributed by atoms with van der Waals surface area (Å²) in [6, 6.07) is 7.28. The highest BCUT2D eigenvalue weighted by molar-refractivity contribution is 5.92. The zero-order chi connectivity index (χ0) is 32.3. The number of alkyl halides is 2. The van der Waals surface area contributed by atoms with Gasteiger partial charge in [0.25, 0.3) is 0 Å². The maximum absolute atomic E-state index is 14.4. The highest BCUT2D eigenvalue weighted by atomic mass is 19.3. The van der Waals surface area contributed by atoms with Crippen molar-refractivity contribution in [1.29, 1.82) is 0 Å². The van der Waals surface area contributed by atoms with Crippen LogP contribution in [0.1, 0.15) is 48.0 Å². The van der Waals surface area contributed by atoms with Crippen molar-refractivity contribution in [2.45, 2.75) is 38.7 Å². The Bertz CT molecular complexity index is 1300. The molecular formula is C30H34F5N3O5. The fraction of sp³-hybridized carbons (Fsp3) is 0.367. The van der Waals surface area contributed by atoms with Crippen molar-refractivity contribution < 1.29 is 46.2 Å². The molecule has 0 spiro atoms. The number of methoxy groups -OCH3 is 1. The Balaban J connectivity index is 0.000000380. The maximum atomic E-state index is 14.4. The molecule has 234 valence electrons. The number of hydrogen-bond donors (Lipinski definition) is 2. The van der Waals surface area contributed by atoms with E-state index in [-0.39, 0.29) is 41.7 Å². The van der Waals surface area contributed by atoms with Crippen molar-refractivity contribution in [3.05, 3.63) is 88.5 Å². The van der Waals surface area contributed by atoms with Crippen LogP contribution in [0.15, 0.2) is 59.9 Å². The zero-order valence-electron chi connectivity index (χ0n) is 23.9. The minimum absolute atomic E-state index is 0.0518. The molecule has 4 rings (SSSR count). The first-order chi connectivity index (χ1) is 20.3. The molecule has 13 heteroatoms. The van der Waals surface area contributed by atoms with Crippen LogP contribution in [0.4, 0.5) is 22.0 Å². The number of likely N-dealkylation sites (tertiary alicyclic amines) is 1. The van der Waals surface area contributed by atoms with Gasteiger partial charge in [-0.3, -0.25) is 14.4 Å². The van der Waals surface area contributed by atoms with E-state index in [0.29, 0.717) is 17.4 Å². The van der Waals surface area contributed by atoms with Crippen molar-refractivity contribution >= 4 is 18.1 Å². The van der Waals surface area contributed by atoms with E-state index in [9.17, 15) is 36.3 Å². The molecule has 1 saturated heterocycles. The Morgan fingerprint density at radius 3 is 2.19 bits per heavy atom. The minimum Gasteiger partial charge on any atom is -0.497 e. The summed E-state index contributed by atoms with van der Waals surface area (Å²) in [5, 5.41) is 6.72. The fourth-order valence-corrected chi connectivity index (χ4v) is 4.28. The van der Waals surface area contributed by atoms with Crippen LogP contribution >= 0.6 is 0 Å². The number of aliphatic hydroxyl groups is 1. The van der Waals surface area contributed by atoms with Crippen molar-refractivity contribution in [3.8, 4) is 5.75 Å². The van der Waals surface area contributed by atoms with Gasteiger partial charge in [0.15, 0.2) is 6.29 Å². The summed E-state index contributed by atoms with van der Waals surface area (Å²) in [5.41, 5.74) is 5.93. The number of rotatable bonds is 9. The smallest absolute Gasteiger partial charge is 0.342 e. The number of primary amides is 1. The summed E-state index contributed by atoms with van der Waals surface area (Å²) in [7, 11) is 3.29. The molecule has 1 saturated carbocycles. The highest BCUT2D eigenvalue weighted by Crippen LogP contribution is 2.35. The first kappa shape index (κ1) is 34.9. The van der Waals surface area contributed by atoms with Gasteiger partial charge in [-0.05, 0) is 67.8 Å². The van der Waals surface area contributed by atoms with Gasteiger partial charge in [0, 0.05) is 55.7 Å². The molecular weight excluding hydrogens is 577 g/mol. The monoisotopic (exact) mass is 611 g/mol. The number of benzene rings is 2. The van der Waals surface area contributed by atoms with Crippen molar-refractivity contribution in [3.63, 3.8) is 0 Å². The van der Waals surface area contributed by atoms with Gasteiger partial charge in [-0.1, -0.05) is 0 Å². The molecule has 1 atom stereocenters. The van der Waals surface area contributed by atoms with Crippen molar-refractivity contribution in [1.82, 2.24) is 9.80 Å². The number of allylic oxidation sites excluding steroid dienone is 3. The lowest BCUT2D eigenvalue weighted by atomic mass is 9.97. The Morgan fingerprint density at radius 2 is 1.72 bits per heavy atom. The van der Waals surface area contributed by atoms with Crippen molar-refractivity contribution in [2.75, 3.05) is 27.2 Å². The number of halogens is 5. The molecule has 2 aromatic rings. The second-order valence-electron chi connectivity index (χ2n) is 9.94. The number of nitrogens with zero attached hydrogens (tertiary/aromatic N) is 2. The van der Waals surface area contributed by atoms with E-state index in [2.05, 4.69) is 4.90 Å². The van der Waals surface area contributed by atoms with Crippen LogP contribution in [0.5, 0.6) is 5.75 Å². The first-order valence-corrected chi connectivity index (χ1v) is 13.2. The van der Waals surface area contributed by atoms with Gasteiger partial charge in [0.1, 0.15) is 23.2 Å². The zero-order valence-corrected chi connectivity index (χ0v) is 23.9. The first-order valence-electron chi connectivity index (χ1n) is 13.2. The van der Waals surface area contributed by atoms with E-state index in [0.717, 1.165) is 24.6 Å². The third-order valence-corrected chi connectivity index (χ3v) is 6.58. The Kier molecular flexibility index (Phi) is 13.3. The lowest BCUT2D eigenvalue weighted by molar-refractivity contribution is -0.127. The Hall–Kier alpha value is -4.26. The predicted molar refractivity (Wildman–Crippen MR) is 148 cm³/mol. The molecule has 1 heterocycles. The summed E-state index contributed by atoms with van der Waals surface area (Å²) >= 11 is 0. The summed E-state index contributed by atoms with van der Waals surface area (Å²) in [6.07, 6.45) is 6.74. The van der Waals surface area contributed by atoms with E-state index in [4.69, 9.17) is 15.6 Å². The van der Waals surface area contributed by atoms with Gasteiger partial charge in [-0.15, -0.1) is 0 Å². The molecule has 2 aliphatic rings. The molecule has 2 aromatic carbocycles. The van der Waals surface area contributed by atoms with E-state index >= 15 is 0 Å². The quantitative estimate of drug-likeness (QED) is 0.183. The number of nitrogens with two attached hydrogens (primary N) is 1. The van der Waals surface area contributed by atoms with Crippen LogP contribution in [0, 0.1) is 23.4 Å². The molecule has 1 unspecified atom stereocenters. The van der Waals surface area contributed by atoms with Gasteiger partial charge in [0.2, 0.25) is 11.8 Å². The van der Waals surface area contributed by atoms with Crippen LogP contribution in [0.2, 0.25) is 0 Å². The van der Waals surface area contributed by atoms with Gasteiger partial charge in [0.05, 0.1) is 12.8 Å². The molecule has 0 bridgehead atoms. The second kappa shape index (κ2) is 16.4. The van der Waals surface area contributed by atoms with Crippen LogP contribution in [-0.4, -0.2) is 66.9 Å². The molecule has 1 aliphatic carbocycles. The van der Waals surface area contributed by atoms with Gasteiger partial charge >= 0.3 is 6.61 Å². The van der Waals surface area contributed by atoms with E-state index in [1.165, 1.54) is 49.1 Å². The number of hydrogen-bond acceptors (Lipinski definition) is 6. The number of amides is 2. The molecule has 0 radical (unpaired) electrons. The molecule has 2 amide bonds. The van der Waals surface area contributed by atoms with Crippen LogP contribution < -0.4 is 10.5 Å². The molecule has 8 nitrogen and oxygen atoms in total. The third kappa shape index (κ3) is 11.2. The average molecular weight is 612 g/mol. The summed E-state index contributed by atoms with van der Waals surface area (Å²) < 4.78 is 65.7. The molecule has 0 aromatic heterocycles. The fourth-order valence-electron chi connectivity index (χ4n) is 4.28. The van der Waals surface area contributed by atoms with Crippen LogP contribution in [0.25, 0.3) is 0 Å². The van der Waals surface area contributed by atoms with E-state index in [1.54, 1.807) is 13.0 Å². The van der Waals surface area contributed by atoms with Gasteiger partial charge in [-0.25, -0.2) is 13.2 Å². The lowest BCUT2D eigenvalue weighted by Gasteiger charge is -2.19. The Labute approximate surface area is 246 Å². The van der Waals surface area contributed by atoms with Gasteiger partial charge < -0.3 is 25.4 Å². The topological polar surface area (TPSA) is 113 Å². The van der Waals surface area contributed by atoms with Crippen LogP contribution in [-0.2, 0) is 9.59 Å². The average Bonchev–Trinajstić information content (AvgIpc) is 3.67. The molecule has 3 N–H and O–H groups in total. The molecule has 1 aliphatic heterocycles. The lowest BCUT2D eigenvalue weighted by Crippen LogP contribution is -2.26. The standard InChI is InChI=1S/C22H26F2N2O3.C7H6FNO.CH2F2O/c1-14(6-7-25(2)11-15-4-5-15)20(13-27)26-12-16(8-21(26)28)22-18(23)9-17(29-3)10-19(22)24;8-6-3-1-5(2-4-6)7(9)10;2-1(3)4/h6-7,9-10,13,15-16H,4-5,8,11-12H2,1-3H3;1-4H,(H2,9,10);1,4H/b7-6-,20-14+;;. The largest absolute Gasteiger partial charge is 0.497 e. The molecule has 43 heavy (non-hydrogen) atoms. The third-order valence-electron chi connectivity index (χ3n) is 6.58. The number of carbonyl (C=O) groups excluding carboxylic acids is 3. The molecule has 2 fully saturated rings. The van der Waals surface area contributed by atoms with E-state index < -0.39 is 30.1 Å². The summed E-state index contributed by atoms with van der Waals surface area (Å²) in [5.74, 6) is -2.61. The highest BCUT2D eigenvalue weighted by Gasteiger charge is 2.36. The minimum atomic E-state index is -3.17. The normalized spacial score (nSPS) is 16.7. The second-order valence-corrected chi connectivity index (χ2v) is 9.94. The number of aldehydes is 1. The summed E-state index contributed by atoms with van der Waals surface area (Å²) in [6.45, 7) is -0.405. The van der Waals surface area contributed by atoms with E-state index in [1.807, 2.05) is 13.2 Å². The maximum Gasteiger partial charge on any atom is 0.342 e. The van der Waals surface area contributed by atoms with Crippen molar-refractivity contribution in [2.24, 2.45) is 11.7 Å². The Morgan fingerprint density at radius 1 is 1.16 bits per heavy atom. The number of ether oxygens (including phenoxy) is 1. The summed E-state index contributed by atoms with van der Waals surface area (Å²) in [4.78, 5) is 38.0. The number of aliphatic hydroxyl groups excluding tert-OH is 1. The SMILES string of the molecule is COc1cc(F)c(C2CC(=O)N(/C(C=O)=C(C)/C=C\N(C)CC3CC3)C2)c(F)c1.NC(=O)c1ccc(F)cc1.OC(F)F. The van der Waals surface area contributed by atoms with Gasteiger partial charge in [-0.2, -0.15) is 8.78 Å². The predicted octanol–water partition coefficient (Wildman–Crippen LogP) is 4.74.